The number of H-pyrrole nitrogens is 1. The van der Waals surface area contributed by atoms with Crippen molar-refractivity contribution in [3.05, 3.63) is 89.6 Å². The Morgan fingerprint density at radius 2 is 1.72 bits per heavy atom. The molecule has 1 heterocycles. The van der Waals surface area contributed by atoms with Gasteiger partial charge in [0, 0.05) is 18.1 Å². The van der Waals surface area contributed by atoms with Crippen LogP contribution < -0.4 is 9.47 Å². The highest BCUT2D eigenvalue weighted by Crippen LogP contribution is 2.39. The fraction of sp³-hybridized carbons (Fsp3) is 0.0870. The van der Waals surface area contributed by atoms with Crippen LogP contribution in [-0.4, -0.2) is 21.9 Å². The molecule has 146 valence electrons. The van der Waals surface area contributed by atoms with E-state index in [0.29, 0.717) is 40.1 Å². The summed E-state index contributed by atoms with van der Waals surface area (Å²) < 4.78 is 11.6. The summed E-state index contributed by atoms with van der Waals surface area (Å²) in [5.74, 6) is 1.63. The predicted molar refractivity (Wildman–Crippen MR) is 113 cm³/mol. The molecule has 0 spiro atoms. The van der Waals surface area contributed by atoms with Crippen LogP contribution >= 0.6 is 11.6 Å². The molecule has 4 aromatic rings. The van der Waals surface area contributed by atoms with Crippen LogP contribution in [0.4, 0.5) is 0 Å². The van der Waals surface area contributed by atoms with Gasteiger partial charge >= 0.3 is 0 Å². The first-order valence-corrected chi connectivity index (χ1v) is 9.54. The van der Waals surface area contributed by atoms with Crippen LogP contribution in [0.5, 0.6) is 23.0 Å². The van der Waals surface area contributed by atoms with E-state index in [1.54, 1.807) is 36.5 Å². The third-order valence-corrected chi connectivity index (χ3v) is 4.71. The molecule has 5 nitrogen and oxygen atoms in total. The number of hydrogen-bond donors (Lipinski definition) is 2. The number of para-hydroxylation sites is 1. The summed E-state index contributed by atoms with van der Waals surface area (Å²) in [5.41, 5.74) is 2.31. The second-order valence-electron chi connectivity index (χ2n) is 6.40. The number of aromatic hydroxyl groups is 1. The van der Waals surface area contributed by atoms with Crippen molar-refractivity contribution in [1.82, 2.24) is 10.2 Å². The van der Waals surface area contributed by atoms with Crippen LogP contribution in [0.1, 0.15) is 5.56 Å². The van der Waals surface area contributed by atoms with Gasteiger partial charge in [0.15, 0.2) is 5.75 Å². The van der Waals surface area contributed by atoms with Crippen molar-refractivity contribution < 1.29 is 14.6 Å². The molecule has 29 heavy (non-hydrogen) atoms. The van der Waals surface area contributed by atoms with Crippen molar-refractivity contribution >= 4 is 11.6 Å². The summed E-state index contributed by atoms with van der Waals surface area (Å²) >= 11 is 6.16. The van der Waals surface area contributed by atoms with Crippen molar-refractivity contribution in [3.63, 3.8) is 0 Å². The predicted octanol–water partition coefficient (Wildman–Crippen LogP) is 5.85. The fourth-order valence-corrected chi connectivity index (χ4v) is 3.11. The Balaban J connectivity index is 1.47. The van der Waals surface area contributed by atoms with Crippen LogP contribution in [-0.2, 0) is 6.42 Å². The number of rotatable bonds is 7. The van der Waals surface area contributed by atoms with E-state index in [1.165, 1.54) is 5.56 Å². The first kappa shape index (κ1) is 18.9. The molecule has 0 fully saturated rings. The molecule has 0 unspecified atom stereocenters. The van der Waals surface area contributed by atoms with Crippen molar-refractivity contribution in [1.29, 1.82) is 0 Å². The third kappa shape index (κ3) is 4.52. The van der Waals surface area contributed by atoms with Crippen LogP contribution in [0.2, 0.25) is 5.02 Å². The van der Waals surface area contributed by atoms with Crippen LogP contribution in [0.15, 0.2) is 79.0 Å². The molecule has 0 bridgehead atoms. The van der Waals surface area contributed by atoms with Crippen molar-refractivity contribution in [2.75, 3.05) is 6.61 Å². The molecule has 0 atom stereocenters. The number of phenols is 1. The minimum absolute atomic E-state index is 0.0652. The van der Waals surface area contributed by atoms with Gasteiger partial charge in [0.05, 0.1) is 17.8 Å². The Kier molecular flexibility index (Phi) is 5.68. The number of halogens is 1. The van der Waals surface area contributed by atoms with E-state index >= 15 is 0 Å². The first-order chi connectivity index (χ1) is 14.2. The second kappa shape index (κ2) is 8.71. The molecule has 6 heteroatoms. The van der Waals surface area contributed by atoms with Gasteiger partial charge in [-0.2, -0.15) is 5.10 Å². The average molecular weight is 407 g/mol. The number of aromatic nitrogens is 2. The van der Waals surface area contributed by atoms with Gasteiger partial charge in [0.2, 0.25) is 0 Å². The quantitative estimate of drug-likeness (QED) is 0.404. The zero-order chi connectivity index (χ0) is 20.1. The maximum Gasteiger partial charge on any atom is 0.173 e. The van der Waals surface area contributed by atoms with E-state index in [-0.39, 0.29) is 5.75 Å². The third-order valence-electron chi connectivity index (χ3n) is 4.40. The molecule has 0 amide bonds. The molecular formula is C23H19ClN2O3. The van der Waals surface area contributed by atoms with E-state index in [2.05, 4.69) is 22.3 Å². The van der Waals surface area contributed by atoms with Crippen molar-refractivity contribution in [2.24, 2.45) is 0 Å². The molecule has 0 aliphatic carbocycles. The lowest BCUT2D eigenvalue weighted by Gasteiger charge is -2.11. The highest BCUT2D eigenvalue weighted by Gasteiger charge is 2.15. The van der Waals surface area contributed by atoms with Gasteiger partial charge in [-0.15, -0.1) is 0 Å². The van der Waals surface area contributed by atoms with Gasteiger partial charge < -0.3 is 14.6 Å². The molecule has 0 saturated heterocycles. The largest absolute Gasteiger partial charge is 0.507 e. The standard InChI is InChI=1S/C23H19ClN2O3/c24-19-8-4-5-9-21(19)29-22-15-25-26-23(22)18-11-10-17(14-20(18)27)28-13-12-16-6-2-1-3-7-16/h1-11,14-15,27H,12-13H2,(H,25,26). The van der Waals surface area contributed by atoms with E-state index in [9.17, 15) is 5.11 Å². The van der Waals surface area contributed by atoms with Crippen LogP contribution in [0.3, 0.4) is 0 Å². The lowest BCUT2D eigenvalue weighted by atomic mass is 10.1. The molecule has 4 rings (SSSR count). The smallest absolute Gasteiger partial charge is 0.173 e. The lowest BCUT2D eigenvalue weighted by Crippen LogP contribution is -2.01. The Bertz CT molecular complexity index is 1100. The second-order valence-corrected chi connectivity index (χ2v) is 6.81. The number of hydrogen-bond acceptors (Lipinski definition) is 4. The minimum Gasteiger partial charge on any atom is -0.507 e. The molecule has 3 aromatic carbocycles. The first-order valence-electron chi connectivity index (χ1n) is 9.16. The zero-order valence-electron chi connectivity index (χ0n) is 15.5. The monoisotopic (exact) mass is 406 g/mol. The fourth-order valence-electron chi connectivity index (χ4n) is 2.94. The molecule has 0 radical (unpaired) electrons. The number of aromatic amines is 1. The number of nitrogens with one attached hydrogen (secondary N) is 1. The molecule has 0 saturated carbocycles. The Labute approximate surface area is 173 Å². The molecule has 1 aromatic heterocycles. The number of phenolic OH excluding ortho intramolecular Hbond substituents is 1. The van der Waals surface area contributed by atoms with E-state index in [4.69, 9.17) is 21.1 Å². The maximum absolute atomic E-state index is 10.5. The lowest BCUT2D eigenvalue weighted by molar-refractivity contribution is 0.320. The van der Waals surface area contributed by atoms with Gasteiger partial charge in [0.1, 0.15) is 22.9 Å². The highest BCUT2D eigenvalue weighted by atomic mass is 35.5. The normalized spacial score (nSPS) is 10.7. The van der Waals surface area contributed by atoms with Crippen molar-refractivity contribution in [2.45, 2.75) is 6.42 Å². The van der Waals surface area contributed by atoms with Gasteiger partial charge in [0.25, 0.3) is 0 Å². The number of ether oxygens (including phenoxy) is 2. The van der Waals surface area contributed by atoms with Crippen LogP contribution in [0, 0.1) is 0 Å². The summed E-state index contributed by atoms with van der Waals surface area (Å²) in [4.78, 5) is 0. The molecule has 2 N–H and O–H groups in total. The van der Waals surface area contributed by atoms with E-state index < -0.39 is 0 Å². The summed E-state index contributed by atoms with van der Waals surface area (Å²) in [5, 5.41) is 17.9. The van der Waals surface area contributed by atoms with Gasteiger partial charge in [-0.25, -0.2) is 0 Å². The zero-order valence-corrected chi connectivity index (χ0v) is 16.3. The SMILES string of the molecule is Oc1cc(OCCc2ccccc2)ccc1-c1[nH]ncc1Oc1ccccc1Cl. The van der Waals surface area contributed by atoms with E-state index in [1.807, 2.05) is 30.3 Å². The Morgan fingerprint density at radius 1 is 0.931 bits per heavy atom. The number of benzene rings is 3. The Hall–Kier alpha value is -3.44. The summed E-state index contributed by atoms with van der Waals surface area (Å²) in [6.45, 7) is 0.522. The average Bonchev–Trinajstić information content (AvgIpc) is 3.18. The van der Waals surface area contributed by atoms with Gasteiger partial charge in [-0.1, -0.05) is 54.1 Å². The molecular weight excluding hydrogens is 388 g/mol. The topological polar surface area (TPSA) is 67.4 Å². The summed E-state index contributed by atoms with van der Waals surface area (Å²) in [7, 11) is 0. The molecule has 0 aliphatic heterocycles. The Morgan fingerprint density at radius 3 is 2.52 bits per heavy atom. The van der Waals surface area contributed by atoms with Crippen molar-refractivity contribution in [3.8, 4) is 34.3 Å². The van der Waals surface area contributed by atoms with Gasteiger partial charge in [-0.3, -0.25) is 5.10 Å². The van der Waals surface area contributed by atoms with E-state index in [0.717, 1.165) is 6.42 Å². The number of nitrogens with zero attached hydrogens (tertiary/aromatic N) is 1. The highest BCUT2D eigenvalue weighted by molar-refractivity contribution is 6.32. The molecule has 0 aliphatic rings. The van der Waals surface area contributed by atoms with Crippen LogP contribution in [0.25, 0.3) is 11.3 Å². The summed E-state index contributed by atoms with van der Waals surface area (Å²) in [6, 6.07) is 22.4. The maximum atomic E-state index is 10.5. The van der Waals surface area contributed by atoms with Gasteiger partial charge in [-0.05, 0) is 29.8 Å². The summed E-state index contributed by atoms with van der Waals surface area (Å²) in [6.07, 6.45) is 2.34. The minimum atomic E-state index is 0.0652.